The zero-order valence-electron chi connectivity index (χ0n) is 11.8. The molecule has 0 saturated heterocycles. The van der Waals surface area contributed by atoms with Gasteiger partial charge in [-0.25, -0.2) is 9.59 Å². The number of rotatable bonds is 3. The molecule has 5 nitrogen and oxygen atoms in total. The molecule has 1 aromatic carbocycles. The Hall–Kier alpha value is -2.30. The number of carboxylic acids is 2. The first-order chi connectivity index (χ1) is 10.0. The van der Waals surface area contributed by atoms with Crippen LogP contribution < -0.4 is 0 Å². The molecule has 0 radical (unpaired) electrons. The minimum absolute atomic E-state index is 0.179. The molecule has 1 saturated carbocycles. The number of aromatic carboxylic acids is 2. The first-order valence-electron chi connectivity index (χ1n) is 7.09. The molecule has 1 aromatic heterocycles. The lowest BCUT2D eigenvalue weighted by Crippen LogP contribution is -2.09. The highest BCUT2D eigenvalue weighted by Gasteiger charge is 2.28. The number of carbonyl (C=O) groups is 2. The number of aryl methyl sites for hydroxylation is 1. The maximum atomic E-state index is 11.7. The van der Waals surface area contributed by atoms with E-state index >= 15 is 0 Å². The third kappa shape index (κ3) is 2.09. The van der Waals surface area contributed by atoms with Crippen molar-refractivity contribution < 1.29 is 19.8 Å². The minimum atomic E-state index is -1.00. The molecule has 1 heterocycles. The van der Waals surface area contributed by atoms with E-state index in [-0.39, 0.29) is 11.5 Å². The Balaban J connectivity index is 2.30. The number of hydrogen-bond donors (Lipinski definition) is 2. The van der Waals surface area contributed by atoms with Crippen LogP contribution in [-0.4, -0.2) is 26.7 Å². The van der Waals surface area contributed by atoms with Crippen LogP contribution in [0.25, 0.3) is 10.9 Å². The molecule has 1 aliphatic rings. The number of carboxylic acid groups (broad SMARTS) is 2. The van der Waals surface area contributed by atoms with Crippen molar-refractivity contribution in [3.05, 3.63) is 35.0 Å². The van der Waals surface area contributed by atoms with Crippen molar-refractivity contribution in [1.29, 1.82) is 0 Å². The second-order valence-corrected chi connectivity index (χ2v) is 5.64. The van der Waals surface area contributed by atoms with Gasteiger partial charge in [0.25, 0.3) is 0 Å². The van der Waals surface area contributed by atoms with Gasteiger partial charge in [0.05, 0.1) is 5.56 Å². The highest BCUT2D eigenvalue weighted by atomic mass is 16.4. The summed E-state index contributed by atoms with van der Waals surface area (Å²) in [6.07, 6.45) is 4.24. The smallest absolute Gasteiger partial charge is 0.352 e. The van der Waals surface area contributed by atoms with E-state index in [1.165, 1.54) is 0 Å². The summed E-state index contributed by atoms with van der Waals surface area (Å²) in [5.41, 5.74) is 2.01. The molecular weight excluding hydrogens is 270 g/mol. The predicted octanol–water partition coefficient (Wildman–Crippen LogP) is 3.23. The molecule has 0 atom stereocenters. The molecule has 1 aliphatic carbocycles. The standard InChI is InChI=1S/C16H17NO4/c1-17-12-8-10(15(18)19)6-7-11(12)13(14(17)16(20)21)9-4-2-3-5-9/h6-9H,2-5H2,1H3,(H,18,19)(H,20,21). The predicted molar refractivity (Wildman–Crippen MR) is 78.0 cm³/mol. The van der Waals surface area contributed by atoms with E-state index in [1.807, 2.05) is 0 Å². The van der Waals surface area contributed by atoms with Crippen molar-refractivity contribution in [1.82, 2.24) is 4.57 Å². The lowest BCUT2D eigenvalue weighted by Gasteiger charge is -2.10. The number of benzene rings is 1. The van der Waals surface area contributed by atoms with Crippen LogP contribution in [0.4, 0.5) is 0 Å². The Labute approximate surface area is 121 Å². The van der Waals surface area contributed by atoms with Crippen molar-refractivity contribution in [2.45, 2.75) is 31.6 Å². The van der Waals surface area contributed by atoms with Gasteiger partial charge in [-0.2, -0.15) is 0 Å². The van der Waals surface area contributed by atoms with Crippen molar-refractivity contribution in [3.63, 3.8) is 0 Å². The maximum Gasteiger partial charge on any atom is 0.352 e. The summed E-state index contributed by atoms with van der Waals surface area (Å²) in [5, 5.41) is 19.5. The first-order valence-corrected chi connectivity index (χ1v) is 7.09. The van der Waals surface area contributed by atoms with E-state index in [0.717, 1.165) is 36.6 Å². The zero-order valence-corrected chi connectivity index (χ0v) is 11.8. The molecule has 110 valence electrons. The van der Waals surface area contributed by atoms with Crippen molar-refractivity contribution in [2.24, 2.45) is 7.05 Å². The average molecular weight is 287 g/mol. The van der Waals surface area contributed by atoms with Crippen LogP contribution >= 0.6 is 0 Å². The monoisotopic (exact) mass is 287 g/mol. The molecule has 0 spiro atoms. The SMILES string of the molecule is Cn1c(C(=O)O)c(C2CCCC2)c2ccc(C(=O)O)cc21. The second-order valence-electron chi connectivity index (χ2n) is 5.64. The van der Waals surface area contributed by atoms with Gasteiger partial charge in [-0.3, -0.25) is 0 Å². The molecule has 5 heteroatoms. The topological polar surface area (TPSA) is 79.5 Å². The maximum absolute atomic E-state index is 11.7. The van der Waals surface area contributed by atoms with Crippen LogP contribution in [0.3, 0.4) is 0 Å². The Morgan fingerprint density at radius 1 is 1.14 bits per heavy atom. The Morgan fingerprint density at radius 2 is 1.81 bits per heavy atom. The number of nitrogens with zero attached hydrogens (tertiary/aromatic N) is 1. The summed E-state index contributed by atoms with van der Waals surface area (Å²) in [6, 6.07) is 4.86. The average Bonchev–Trinajstić information content (AvgIpc) is 3.04. The minimum Gasteiger partial charge on any atom is -0.478 e. The highest BCUT2D eigenvalue weighted by molar-refractivity contribution is 6.01. The number of fused-ring (bicyclic) bond motifs is 1. The molecular formula is C16H17NO4. The van der Waals surface area contributed by atoms with E-state index in [4.69, 9.17) is 5.11 Å². The highest BCUT2D eigenvalue weighted by Crippen LogP contribution is 2.41. The molecule has 2 aromatic rings. The summed E-state index contributed by atoms with van der Waals surface area (Å²) < 4.78 is 1.61. The second kappa shape index (κ2) is 4.91. The quantitative estimate of drug-likeness (QED) is 0.908. The Kier molecular flexibility index (Phi) is 3.20. The molecule has 1 fully saturated rings. The fourth-order valence-corrected chi connectivity index (χ4v) is 3.49. The molecule has 3 rings (SSSR count). The third-order valence-electron chi connectivity index (χ3n) is 4.45. The van der Waals surface area contributed by atoms with E-state index in [2.05, 4.69) is 0 Å². The van der Waals surface area contributed by atoms with Gasteiger partial charge in [0, 0.05) is 18.0 Å². The largest absolute Gasteiger partial charge is 0.478 e. The normalized spacial score (nSPS) is 15.7. The van der Waals surface area contributed by atoms with Gasteiger partial charge in [-0.05, 0) is 36.5 Å². The van der Waals surface area contributed by atoms with Crippen LogP contribution in [0.15, 0.2) is 18.2 Å². The zero-order chi connectivity index (χ0) is 15.1. The van der Waals surface area contributed by atoms with Crippen LogP contribution in [0.1, 0.15) is 58.0 Å². The summed E-state index contributed by atoms with van der Waals surface area (Å²) in [6.45, 7) is 0. The Bertz CT molecular complexity index is 738. The van der Waals surface area contributed by atoms with Crippen LogP contribution in [-0.2, 0) is 7.05 Å². The van der Waals surface area contributed by atoms with Crippen molar-refractivity contribution in [2.75, 3.05) is 0 Å². The van der Waals surface area contributed by atoms with Crippen LogP contribution in [0.2, 0.25) is 0 Å². The van der Waals surface area contributed by atoms with Gasteiger partial charge in [0.15, 0.2) is 0 Å². The van der Waals surface area contributed by atoms with Gasteiger partial charge in [0.2, 0.25) is 0 Å². The number of aromatic nitrogens is 1. The lowest BCUT2D eigenvalue weighted by molar-refractivity contribution is 0.0679. The van der Waals surface area contributed by atoms with E-state index in [9.17, 15) is 14.7 Å². The Morgan fingerprint density at radius 3 is 2.38 bits per heavy atom. The molecule has 0 aliphatic heterocycles. The van der Waals surface area contributed by atoms with Gasteiger partial charge in [-0.1, -0.05) is 18.9 Å². The molecule has 0 amide bonds. The summed E-state index contributed by atoms with van der Waals surface area (Å²) in [5.74, 6) is -1.69. The molecule has 0 unspecified atom stereocenters. The van der Waals surface area contributed by atoms with Crippen LogP contribution in [0, 0.1) is 0 Å². The summed E-state index contributed by atoms with van der Waals surface area (Å²) >= 11 is 0. The van der Waals surface area contributed by atoms with Gasteiger partial charge in [-0.15, -0.1) is 0 Å². The molecule has 0 bridgehead atoms. The van der Waals surface area contributed by atoms with Crippen LogP contribution in [0.5, 0.6) is 0 Å². The van der Waals surface area contributed by atoms with E-state index < -0.39 is 11.9 Å². The fraction of sp³-hybridized carbons (Fsp3) is 0.375. The van der Waals surface area contributed by atoms with Crippen molar-refractivity contribution in [3.8, 4) is 0 Å². The third-order valence-corrected chi connectivity index (χ3v) is 4.45. The summed E-state index contributed by atoms with van der Waals surface area (Å²) in [7, 11) is 1.69. The van der Waals surface area contributed by atoms with E-state index in [0.29, 0.717) is 11.2 Å². The van der Waals surface area contributed by atoms with Crippen molar-refractivity contribution >= 4 is 22.8 Å². The van der Waals surface area contributed by atoms with Gasteiger partial charge in [0.1, 0.15) is 5.69 Å². The molecule has 21 heavy (non-hydrogen) atoms. The van der Waals surface area contributed by atoms with E-state index in [1.54, 1.807) is 29.8 Å². The summed E-state index contributed by atoms with van der Waals surface area (Å²) in [4.78, 5) is 22.8. The number of hydrogen-bond acceptors (Lipinski definition) is 2. The first kappa shape index (κ1) is 13.7. The lowest BCUT2D eigenvalue weighted by atomic mass is 9.94. The van der Waals surface area contributed by atoms with Gasteiger partial charge < -0.3 is 14.8 Å². The van der Waals surface area contributed by atoms with Gasteiger partial charge >= 0.3 is 11.9 Å². The molecule has 2 N–H and O–H groups in total. The fourth-order valence-electron chi connectivity index (χ4n) is 3.49.